The van der Waals surface area contributed by atoms with Crippen LogP contribution in [0.5, 0.6) is 0 Å². The number of aromatic nitrogens is 1. The van der Waals surface area contributed by atoms with Crippen LogP contribution in [-0.2, 0) is 6.18 Å². The lowest BCUT2D eigenvalue weighted by Crippen LogP contribution is -2.39. The molecule has 2 N–H and O–H groups in total. The standard InChI is InChI=1S/C19H17Cl2F3N4O3/c20-14-2-1-12(28(30)31)8-13(14)18(29)27-16(10-3-5-25-6-4-10)17-15(21)7-11(9-26-17)19(22,23)24/h1-2,7-10,16,25H,3-6H2,(H,27,29). The molecule has 1 unspecified atom stereocenters. The highest BCUT2D eigenvalue weighted by molar-refractivity contribution is 6.34. The van der Waals surface area contributed by atoms with Crippen LogP contribution in [0.2, 0.25) is 10.0 Å². The lowest BCUT2D eigenvalue weighted by molar-refractivity contribution is -0.384. The molecule has 3 rings (SSSR count). The van der Waals surface area contributed by atoms with Gasteiger partial charge in [-0.05, 0) is 44.0 Å². The van der Waals surface area contributed by atoms with Crippen LogP contribution in [0.15, 0.2) is 30.5 Å². The quantitative estimate of drug-likeness (QED) is 0.477. The van der Waals surface area contributed by atoms with Crippen molar-refractivity contribution in [3.63, 3.8) is 0 Å². The Morgan fingerprint density at radius 1 is 1.23 bits per heavy atom. The fourth-order valence-electron chi connectivity index (χ4n) is 3.44. The normalized spacial score (nSPS) is 16.0. The van der Waals surface area contributed by atoms with Gasteiger partial charge in [-0.1, -0.05) is 23.2 Å². The molecule has 7 nitrogen and oxygen atoms in total. The zero-order valence-corrected chi connectivity index (χ0v) is 17.4. The number of amides is 1. The predicted octanol–water partition coefficient (Wildman–Crippen LogP) is 4.79. The zero-order chi connectivity index (χ0) is 22.8. The smallest absolute Gasteiger partial charge is 0.343 e. The van der Waals surface area contributed by atoms with Gasteiger partial charge in [-0.15, -0.1) is 0 Å². The molecule has 12 heteroatoms. The second kappa shape index (κ2) is 9.37. The highest BCUT2D eigenvalue weighted by Crippen LogP contribution is 2.36. The van der Waals surface area contributed by atoms with Crippen molar-refractivity contribution in [3.8, 4) is 0 Å². The number of rotatable bonds is 5. The van der Waals surface area contributed by atoms with Crippen LogP contribution in [0.25, 0.3) is 0 Å². The number of carbonyl (C=O) groups is 1. The number of nitro groups is 1. The Hall–Kier alpha value is -2.43. The second-order valence-electron chi connectivity index (χ2n) is 7.05. The number of hydrogen-bond donors (Lipinski definition) is 2. The van der Waals surface area contributed by atoms with Gasteiger partial charge in [0.25, 0.3) is 11.6 Å². The SMILES string of the molecule is O=C(NC(c1ncc(C(F)(F)F)cc1Cl)C1CCNCC1)c1cc([N+](=O)[O-])ccc1Cl. The third-order valence-electron chi connectivity index (χ3n) is 5.04. The summed E-state index contributed by atoms with van der Waals surface area (Å²) in [5, 5.41) is 16.7. The van der Waals surface area contributed by atoms with E-state index in [9.17, 15) is 28.1 Å². The fraction of sp³-hybridized carbons (Fsp3) is 0.368. The number of pyridine rings is 1. The van der Waals surface area contributed by atoms with Gasteiger partial charge in [0.1, 0.15) is 0 Å². The lowest BCUT2D eigenvalue weighted by Gasteiger charge is -2.31. The van der Waals surface area contributed by atoms with Crippen molar-refractivity contribution in [3.05, 3.63) is 67.4 Å². The van der Waals surface area contributed by atoms with Crippen molar-refractivity contribution in [2.45, 2.75) is 25.1 Å². The van der Waals surface area contributed by atoms with Gasteiger partial charge in [0.2, 0.25) is 0 Å². The molecule has 0 saturated carbocycles. The lowest BCUT2D eigenvalue weighted by atomic mass is 9.87. The molecule has 1 fully saturated rings. The summed E-state index contributed by atoms with van der Waals surface area (Å²) in [6.07, 6.45) is -2.71. The van der Waals surface area contributed by atoms with E-state index in [2.05, 4.69) is 15.6 Å². The minimum Gasteiger partial charge on any atom is -0.343 e. The summed E-state index contributed by atoms with van der Waals surface area (Å²) < 4.78 is 39.0. The van der Waals surface area contributed by atoms with Gasteiger partial charge < -0.3 is 10.6 Å². The third-order valence-corrected chi connectivity index (χ3v) is 5.67. The van der Waals surface area contributed by atoms with Gasteiger partial charge in [0.15, 0.2) is 0 Å². The number of nitro benzene ring substituents is 1. The van der Waals surface area contributed by atoms with Crippen LogP contribution in [-0.4, -0.2) is 28.9 Å². The van der Waals surface area contributed by atoms with Crippen LogP contribution in [0.4, 0.5) is 18.9 Å². The molecule has 1 aromatic carbocycles. The molecule has 1 atom stereocenters. The van der Waals surface area contributed by atoms with Gasteiger partial charge in [0, 0.05) is 18.3 Å². The molecule has 1 saturated heterocycles. The Morgan fingerprint density at radius 3 is 2.48 bits per heavy atom. The Balaban J connectivity index is 1.96. The summed E-state index contributed by atoms with van der Waals surface area (Å²) in [4.78, 5) is 27.2. The van der Waals surface area contributed by atoms with E-state index in [0.717, 1.165) is 18.2 Å². The molecule has 0 spiro atoms. The first-order valence-corrected chi connectivity index (χ1v) is 10.0. The fourth-order valence-corrected chi connectivity index (χ4v) is 3.93. The van der Waals surface area contributed by atoms with Crippen molar-refractivity contribution >= 4 is 34.8 Å². The largest absolute Gasteiger partial charge is 0.417 e. The molecular formula is C19H17Cl2F3N4O3. The highest BCUT2D eigenvalue weighted by Gasteiger charge is 2.34. The maximum Gasteiger partial charge on any atom is 0.417 e. The summed E-state index contributed by atoms with van der Waals surface area (Å²) in [5.74, 6) is -0.876. The second-order valence-corrected chi connectivity index (χ2v) is 7.86. The monoisotopic (exact) mass is 476 g/mol. The summed E-state index contributed by atoms with van der Waals surface area (Å²) >= 11 is 12.2. The molecule has 2 aromatic rings. The summed E-state index contributed by atoms with van der Waals surface area (Å²) in [6.45, 7) is 1.29. The molecule has 0 aliphatic carbocycles. The Bertz CT molecular complexity index is 998. The molecule has 166 valence electrons. The highest BCUT2D eigenvalue weighted by atomic mass is 35.5. The first kappa shape index (κ1) is 23.2. The number of alkyl halides is 3. The van der Waals surface area contributed by atoms with Gasteiger partial charge in [-0.2, -0.15) is 13.2 Å². The van der Waals surface area contributed by atoms with E-state index in [1.165, 1.54) is 6.07 Å². The average Bonchev–Trinajstić information content (AvgIpc) is 2.72. The maximum absolute atomic E-state index is 13.0. The molecule has 31 heavy (non-hydrogen) atoms. The Morgan fingerprint density at radius 2 is 1.90 bits per heavy atom. The van der Waals surface area contributed by atoms with Crippen molar-refractivity contribution in [2.75, 3.05) is 13.1 Å². The molecule has 1 amide bonds. The molecular weight excluding hydrogens is 460 g/mol. The van der Waals surface area contributed by atoms with E-state index in [0.29, 0.717) is 32.1 Å². The van der Waals surface area contributed by atoms with Crippen LogP contribution >= 0.6 is 23.2 Å². The van der Waals surface area contributed by atoms with Gasteiger partial charge >= 0.3 is 6.18 Å². The minimum absolute atomic E-state index is 0.00126. The maximum atomic E-state index is 13.0. The van der Waals surface area contributed by atoms with E-state index >= 15 is 0 Å². The molecule has 1 aliphatic rings. The zero-order valence-electron chi connectivity index (χ0n) is 15.9. The van der Waals surface area contributed by atoms with E-state index in [1.807, 2.05) is 0 Å². The van der Waals surface area contributed by atoms with Crippen LogP contribution in [0, 0.1) is 16.0 Å². The van der Waals surface area contributed by atoms with E-state index in [-0.39, 0.29) is 32.9 Å². The van der Waals surface area contributed by atoms with Gasteiger partial charge in [-0.25, -0.2) is 0 Å². The summed E-state index contributed by atoms with van der Waals surface area (Å²) in [7, 11) is 0. The Kier molecular flexibility index (Phi) is 7.03. The van der Waals surface area contributed by atoms with Crippen molar-refractivity contribution in [1.29, 1.82) is 0 Å². The molecule has 0 radical (unpaired) electrons. The molecule has 1 aliphatic heterocycles. The van der Waals surface area contributed by atoms with Gasteiger partial charge in [-0.3, -0.25) is 19.9 Å². The molecule has 0 bridgehead atoms. The molecule has 2 heterocycles. The number of nitrogens with zero attached hydrogens (tertiary/aromatic N) is 2. The topological polar surface area (TPSA) is 97.2 Å². The predicted molar refractivity (Wildman–Crippen MR) is 108 cm³/mol. The summed E-state index contributed by atoms with van der Waals surface area (Å²) in [6, 6.07) is 3.40. The number of non-ortho nitro benzene ring substituents is 1. The minimum atomic E-state index is -4.61. The number of nitrogens with one attached hydrogen (secondary N) is 2. The first-order valence-electron chi connectivity index (χ1n) is 9.26. The van der Waals surface area contributed by atoms with E-state index in [1.54, 1.807) is 0 Å². The van der Waals surface area contributed by atoms with E-state index in [4.69, 9.17) is 23.2 Å². The van der Waals surface area contributed by atoms with Crippen molar-refractivity contribution < 1.29 is 22.9 Å². The molecule has 1 aromatic heterocycles. The third kappa shape index (κ3) is 5.44. The van der Waals surface area contributed by atoms with Crippen LogP contribution in [0.1, 0.15) is 40.5 Å². The Labute approximate surface area is 185 Å². The number of hydrogen-bond acceptors (Lipinski definition) is 5. The van der Waals surface area contributed by atoms with Crippen molar-refractivity contribution in [2.24, 2.45) is 5.92 Å². The van der Waals surface area contributed by atoms with Crippen molar-refractivity contribution in [1.82, 2.24) is 15.6 Å². The summed E-state index contributed by atoms with van der Waals surface area (Å²) in [5.41, 5.74) is -1.36. The first-order chi connectivity index (χ1) is 14.6. The van der Waals surface area contributed by atoms with E-state index < -0.39 is 28.6 Å². The van der Waals surface area contributed by atoms with Gasteiger partial charge in [0.05, 0.1) is 37.8 Å². The van der Waals surface area contributed by atoms with Crippen LogP contribution in [0.3, 0.4) is 0 Å². The number of benzene rings is 1. The van der Waals surface area contributed by atoms with Crippen LogP contribution < -0.4 is 10.6 Å². The average molecular weight is 477 g/mol. The number of carbonyl (C=O) groups excluding carboxylic acids is 1. The number of piperidine rings is 1. The number of halogens is 5.